The van der Waals surface area contributed by atoms with E-state index in [2.05, 4.69) is 15.6 Å². The number of rotatable bonds is 8. The molecular formula is C27H31N7O4S. The molecule has 0 spiro atoms. The van der Waals surface area contributed by atoms with Crippen molar-refractivity contribution in [2.24, 2.45) is 7.05 Å². The molecule has 2 N–H and O–H groups in total. The van der Waals surface area contributed by atoms with Crippen molar-refractivity contribution in [1.82, 2.24) is 19.4 Å². The van der Waals surface area contributed by atoms with Crippen molar-refractivity contribution < 1.29 is 17.9 Å². The number of nitrogens with one attached hydrogen (secondary N) is 2. The third kappa shape index (κ3) is 5.96. The summed E-state index contributed by atoms with van der Waals surface area (Å²) >= 11 is 0. The third-order valence-electron chi connectivity index (χ3n) is 6.65. The molecule has 1 amide bonds. The van der Waals surface area contributed by atoms with E-state index >= 15 is 0 Å². The van der Waals surface area contributed by atoms with E-state index in [0.717, 1.165) is 22.9 Å². The van der Waals surface area contributed by atoms with Gasteiger partial charge in [0.2, 0.25) is 21.9 Å². The zero-order chi connectivity index (χ0) is 27.6. The number of carbonyl (C=O) groups is 1. The second-order valence-electron chi connectivity index (χ2n) is 9.42. The van der Waals surface area contributed by atoms with E-state index in [1.54, 1.807) is 18.2 Å². The van der Waals surface area contributed by atoms with Crippen molar-refractivity contribution in [1.29, 1.82) is 0 Å². The summed E-state index contributed by atoms with van der Waals surface area (Å²) < 4.78 is 32.9. The lowest BCUT2D eigenvalue weighted by atomic mass is 10.1. The van der Waals surface area contributed by atoms with Gasteiger partial charge in [-0.2, -0.15) is 9.97 Å². The number of para-hydroxylation sites is 2. The van der Waals surface area contributed by atoms with Crippen LogP contribution in [0.5, 0.6) is 0 Å². The van der Waals surface area contributed by atoms with Crippen LogP contribution < -0.4 is 14.9 Å². The lowest BCUT2D eigenvalue weighted by molar-refractivity contribution is -0.134. The quantitative estimate of drug-likeness (QED) is 0.344. The van der Waals surface area contributed by atoms with Crippen LogP contribution in [-0.2, 0) is 33.0 Å². The van der Waals surface area contributed by atoms with E-state index in [0.29, 0.717) is 61.5 Å². The van der Waals surface area contributed by atoms with E-state index in [4.69, 9.17) is 9.72 Å². The Morgan fingerprint density at radius 2 is 1.74 bits per heavy atom. The third-order valence-corrected chi connectivity index (χ3v) is 7.84. The van der Waals surface area contributed by atoms with Gasteiger partial charge in [0.05, 0.1) is 42.7 Å². The summed E-state index contributed by atoms with van der Waals surface area (Å²) in [5.41, 5.74) is 3.49. The van der Waals surface area contributed by atoms with E-state index in [9.17, 15) is 13.2 Å². The Balaban J connectivity index is 1.38. The summed E-state index contributed by atoms with van der Waals surface area (Å²) in [6, 6.07) is 16.7. The first-order valence-electron chi connectivity index (χ1n) is 12.5. The van der Waals surface area contributed by atoms with Crippen molar-refractivity contribution in [3.63, 3.8) is 0 Å². The van der Waals surface area contributed by atoms with Crippen molar-refractivity contribution in [3.8, 4) is 0 Å². The molecule has 11 nitrogen and oxygen atoms in total. The molecule has 12 heteroatoms. The van der Waals surface area contributed by atoms with Gasteiger partial charge < -0.3 is 24.8 Å². The first-order chi connectivity index (χ1) is 18.7. The maximum absolute atomic E-state index is 12.6. The summed E-state index contributed by atoms with van der Waals surface area (Å²) in [5.74, 6) is 0.997. The SMILES string of the molecule is CN(c1ccccc1Nc1nc(Nc2ccc(CC(=O)N3CCOCC3)cc2)nc2c1ccn2C)S(C)(=O)=O. The van der Waals surface area contributed by atoms with E-state index in [1.807, 2.05) is 59.1 Å². The highest BCUT2D eigenvalue weighted by Gasteiger charge is 2.19. The maximum Gasteiger partial charge on any atom is 0.232 e. The Morgan fingerprint density at radius 3 is 2.46 bits per heavy atom. The topological polar surface area (TPSA) is 122 Å². The van der Waals surface area contributed by atoms with E-state index < -0.39 is 10.0 Å². The molecule has 3 heterocycles. The van der Waals surface area contributed by atoms with Gasteiger partial charge in [-0.05, 0) is 35.9 Å². The highest BCUT2D eigenvalue weighted by Crippen LogP contribution is 2.32. The van der Waals surface area contributed by atoms with Gasteiger partial charge in [0.1, 0.15) is 11.5 Å². The molecule has 0 saturated carbocycles. The van der Waals surface area contributed by atoms with Crippen LogP contribution in [0, 0.1) is 0 Å². The fourth-order valence-electron chi connectivity index (χ4n) is 4.38. The normalized spacial score (nSPS) is 13.9. The van der Waals surface area contributed by atoms with Gasteiger partial charge >= 0.3 is 0 Å². The van der Waals surface area contributed by atoms with Crippen LogP contribution in [0.1, 0.15) is 5.56 Å². The summed E-state index contributed by atoms with van der Waals surface area (Å²) in [4.78, 5) is 23.8. The van der Waals surface area contributed by atoms with Crippen molar-refractivity contribution in [2.45, 2.75) is 6.42 Å². The molecule has 39 heavy (non-hydrogen) atoms. The number of aromatic nitrogens is 3. The molecule has 5 rings (SSSR count). The van der Waals surface area contributed by atoms with Crippen LogP contribution in [-0.4, -0.2) is 73.4 Å². The number of hydrogen-bond acceptors (Lipinski definition) is 8. The highest BCUT2D eigenvalue weighted by molar-refractivity contribution is 7.92. The molecule has 1 fully saturated rings. The average molecular weight is 550 g/mol. The molecule has 204 valence electrons. The molecular weight excluding hydrogens is 518 g/mol. The minimum Gasteiger partial charge on any atom is -0.378 e. The van der Waals surface area contributed by atoms with Crippen LogP contribution in [0.2, 0.25) is 0 Å². The Bertz CT molecular complexity index is 1600. The zero-order valence-electron chi connectivity index (χ0n) is 22.1. The fraction of sp³-hybridized carbons (Fsp3) is 0.296. The average Bonchev–Trinajstić information content (AvgIpc) is 3.30. The second-order valence-corrected chi connectivity index (χ2v) is 11.4. The molecule has 0 radical (unpaired) electrons. The van der Waals surface area contributed by atoms with Crippen molar-refractivity contribution in [2.75, 3.05) is 54.5 Å². The number of morpholine rings is 1. The van der Waals surface area contributed by atoms with Gasteiger partial charge in [-0.3, -0.25) is 9.10 Å². The minimum absolute atomic E-state index is 0.0917. The molecule has 0 unspecified atom stereocenters. The lowest BCUT2D eigenvalue weighted by Gasteiger charge is -2.26. The molecule has 0 atom stereocenters. The molecule has 2 aromatic heterocycles. The van der Waals surface area contributed by atoms with E-state index in [1.165, 1.54) is 11.4 Å². The van der Waals surface area contributed by atoms with Gasteiger partial charge in [-0.1, -0.05) is 24.3 Å². The molecule has 1 aliphatic heterocycles. The van der Waals surface area contributed by atoms with Gasteiger partial charge in [-0.15, -0.1) is 0 Å². The number of carbonyl (C=O) groups excluding carboxylic acids is 1. The monoisotopic (exact) mass is 549 g/mol. The number of ether oxygens (including phenoxy) is 1. The Labute approximate surface area is 227 Å². The molecule has 4 aromatic rings. The van der Waals surface area contributed by atoms with Crippen LogP contribution in [0.15, 0.2) is 60.8 Å². The number of benzene rings is 2. The number of sulfonamides is 1. The second kappa shape index (κ2) is 10.9. The van der Waals surface area contributed by atoms with Crippen molar-refractivity contribution >= 4 is 55.8 Å². The number of aryl methyl sites for hydroxylation is 1. The summed E-state index contributed by atoms with van der Waals surface area (Å²) in [7, 11) is -0.0505. The predicted octanol–water partition coefficient (Wildman–Crippen LogP) is 3.25. The number of anilines is 5. The first kappa shape index (κ1) is 26.4. The Kier molecular flexibility index (Phi) is 7.40. The van der Waals surface area contributed by atoms with Gasteiger partial charge in [0, 0.05) is 39.1 Å². The fourth-order valence-corrected chi connectivity index (χ4v) is 4.90. The Hall–Kier alpha value is -4.16. The minimum atomic E-state index is -3.46. The van der Waals surface area contributed by atoms with E-state index in [-0.39, 0.29) is 5.91 Å². The number of hydrogen-bond donors (Lipinski definition) is 2. The standard InChI is InChI=1S/C27H31N7O4S/c1-32-13-12-21-25(29-22-6-4-5-7-23(22)33(2)39(3,36)37)30-27(31-26(21)32)28-20-10-8-19(9-11-20)18-24(35)34-14-16-38-17-15-34/h4-13H,14-18H2,1-3H3,(H2,28,29,30,31). The predicted molar refractivity (Wildman–Crippen MR) is 152 cm³/mol. The molecule has 1 saturated heterocycles. The van der Waals surface area contributed by atoms with Gasteiger partial charge in [-0.25, -0.2) is 8.42 Å². The summed E-state index contributed by atoms with van der Waals surface area (Å²) in [5, 5.41) is 7.35. The molecule has 0 aliphatic carbocycles. The maximum atomic E-state index is 12.6. The summed E-state index contributed by atoms with van der Waals surface area (Å²) in [6.07, 6.45) is 3.39. The molecule has 0 bridgehead atoms. The number of nitrogens with zero attached hydrogens (tertiary/aromatic N) is 5. The molecule has 1 aliphatic rings. The first-order valence-corrected chi connectivity index (χ1v) is 14.4. The number of amides is 1. The van der Waals surface area contributed by atoms with Crippen LogP contribution in [0.4, 0.5) is 28.8 Å². The van der Waals surface area contributed by atoms with Gasteiger partial charge in [0.25, 0.3) is 0 Å². The van der Waals surface area contributed by atoms with Crippen LogP contribution in [0.25, 0.3) is 11.0 Å². The lowest BCUT2D eigenvalue weighted by Crippen LogP contribution is -2.41. The number of fused-ring (bicyclic) bond motifs is 1. The summed E-state index contributed by atoms with van der Waals surface area (Å²) in [6.45, 7) is 2.42. The zero-order valence-corrected chi connectivity index (χ0v) is 22.9. The highest BCUT2D eigenvalue weighted by atomic mass is 32.2. The Morgan fingerprint density at radius 1 is 1.03 bits per heavy atom. The van der Waals surface area contributed by atoms with Crippen LogP contribution >= 0.6 is 0 Å². The molecule has 2 aromatic carbocycles. The smallest absolute Gasteiger partial charge is 0.232 e. The van der Waals surface area contributed by atoms with Crippen molar-refractivity contribution in [3.05, 3.63) is 66.4 Å². The largest absolute Gasteiger partial charge is 0.378 e. The van der Waals surface area contributed by atoms with Gasteiger partial charge in [0.15, 0.2) is 0 Å². The van der Waals surface area contributed by atoms with Crippen LogP contribution in [0.3, 0.4) is 0 Å².